The van der Waals surface area contributed by atoms with E-state index in [0.717, 1.165) is 28.5 Å². The van der Waals surface area contributed by atoms with Gasteiger partial charge in [-0.25, -0.2) is 4.98 Å². The first kappa shape index (κ1) is 28.3. The summed E-state index contributed by atoms with van der Waals surface area (Å²) in [4.78, 5) is 19.1. The number of hydrogen-bond acceptors (Lipinski definition) is 5. The summed E-state index contributed by atoms with van der Waals surface area (Å²) in [5.41, 5.74) is 3.23. The van der Waals surface area contributed by atoms with Gasteiger partial charge >= 0.3 is 6.18 Å². The molecule has 0 atom stereocenters. The summed E-state index contributed by atoms with van der Waals surface area (Å²) in [6, 6.07) is 20.4. The van der Waals surface area contributed by atoms with Gasteiger partial charge in [-0.1, -0.05) is 41.9 Å². The molecule has 0 aliphatic carbocycles. The molecule has 2 heterocycles. The zero-order valence-electron chi connectivity index (χ0n) is 22.3. The Balaban J connectivity index is 1.30. The number of alkyl halides is 3. The van der Waals surface area contributed by atoms with Gasteiger partial charge in [0.2, 0.25) is 0 Å². The fraction of sp³-hybridized carbons (Fsp3) is 0.226. The first-order chi connectivity index (χ1) is 19.7. The molecule has 5 rings (SSSR count). The Morgan fingerprint density at radius 2 is 1.83 bits per heavy atom. The highest BCUT2D eigenvalue weighted by atomic mass is 35.5. The standard InChI is InChI=1S/C31H28ClF3N4O2/c1-41-28-5-3-2-4-21(28)12-13-37-30(40)22-8-6-20(7-9-22)23-17-27-29(38-18-23)36-14-15-39(27)19-24-16-25(32)10-11-26(24)31(33,34)35/h2-11,16-18H,12-15,19H2,1H3,(H,36,38)(H,37,40). The summed E-state index contributed by atoms with van der Waals surface area (Å²) < 4.78 is 46.3. The minimum absolute atomic E-state index is 0.0309. The smallest absolute Gasteiger partial charge is 0.416 e. The number of methoxy groups -OCH3 is 1. The van der Waals surface area contributed by atoms with Crippen LogP contribution in [0.5, 0.6) is 5.75 Å². The van der Waals surface area contributed by atoms with Gasteiger partial charge in [0.15, 0.2) is 0 Å². The van der Waals surface area contributed by atoms with Crippen LogP contribution in [0, 0.1) is 0 Å². The van der Waals surface area contributed by atoms with Crippen LogP contribution in [0.25, 0.3) is 11.1 Å². The van der Waals surface area contributed by atoms with Crippen molar-refractivity contribution >= 4 is 29.0 Å². The number of carbonyl (C=O) groups excluding carboxylic acids is 1. The van der Waals surface area contributed by atoms with Gasteiger partial charge in [0.25, 0.3) is 5.91 Å². The average Bonchev–Trinajstić information content (AvgIpc) is 2.97. The van der Waals surface area contributed by atoms with Gasteiger partial charge in [-0.15, -0.1) is 0 Å². The Bertz CT molecular complexity index is 1540. The molecule has 1 aliphatic rings. The molecule has 2 N–H and O–H groups in total. The number of para-hydroxylation sites is 1. The summed E-state index contributed by atoms with van der Waals surface area (Å²) in [5.74, 6) is 1.20. The van der Waals surface area contributed by atoms with E-state index >= 15 is 0 Å². The van der Waals surface area contributed by atoms with Crippen LogP contribution in [0.4, 0.5) is 24.7 Å². The van der Waals surface area contributed by atoms with E-state index in [0.29, 0.717) is 43.1 Å². The van der Waals surface area contributed by atoms with Crippen molar-refractivity contribution in [3.63, 3.8) is 0 Å². The van der Waals surface area contributed by atoms with Crippen molar-refractivity contribution < 1.29 is 22.7 Å². The van der Waals surface area contributed by atoms with Gasteiger partial charge in [0.05, 0.1) is 18.4 Å². The van der Waals surface area contributed by atoms with Crippen molar-refractivity contribution in [2.45, 2.75) is 19.1 Å². The number of hydrogen-bond donors (Lipinski definition) is 2. The third-order valence-corrected chi connectivity index (χ3v) is 7.20. The molecule has 4 aromatic rings. The molecule has 0 radical (unpaired) electrons. The first-order valence-electron chi connectivity index (χ1n) is 13.1. The minimum atomic E-state index is -4.49. The Morgan fingerprint density at radius 1 is 1.05 bits per heavy atom. The zero-order chi connectivity index (χ0) is 29.0. The maximum atomic E-state index is 13.7. The summed E-state index contributed by atoms with van der Waals surface area (Å²) in [5, 5.41) is 6.40. The van der Waals surface area contributed by atoms with Crippen molar-refractivity contribution in [3.05, 3.63) is 106 Å². The number of aromatic nitrogens is 1. The van der Waals surface area contributed by atoms with E-state index in [1.165, 1.54) is 12.1 Å². The molecule has 41 heavy (non-hydrogen) atoms. The number of nitrogens with one attached hydrogen (secondary N) is 2. The van der Waals surface area contributed by atoms with Gasteiger partial charge in [-0.3, -0.25) is 4.79 Å². The second kappa shape index (κ2) is 12.1. The van der Waals surface area contributed by atoms with Crippen molar-refractivity contribution in [2.75, 3.05) is 37.0 Å². The molecule has 10 heteroatoms. The molecule has 212 valence electrons. The highest BCUT2D eigenvalue weighted by Crippen LogP contribution is 2.37. The van der Waals surface area contributed by atoms with E-state index in [4.69, 9.17) is 16.3 Å². The highest BCUT2D eigenvalue weighted by molar-refractivity contribution is 6.30. The first-order valence-corrected chi connectivity index (χ1v) is 13.5. The van der Waals surface area contributed by atoms with Crippen LogP contribution in [0.1, 0.15) is 27.0 Å². The summed E-state index contributed by atoms with van der Waals surface area (Å²) in [6.45, 7) is 1.53. The summed E-state index contributed by atoms with van der Waals surface area (Å²) >= 11 is 6.05. The average molecular weight is 581 g/mol. The van der Waals surface area contributed by atoms with Crippen LogP contribution < -0.4 is 20.3 Å². The Labute approximate surface area is 241 Å². The molecule has 0 bridgehead atoms. The molecular formula is C31H28ClF3N4O2. The molecule has 0 unspecified atom stereocenters. The third kappa shape index (κ3) is 6.57. The van der Waals surface area contributed by atoms with Crippen molar-refractivity contribution in [1.29, 1.82) is 0 Å². The largest absolute Gasteiger partial charge is 0.496 e. The van der Waals surface area contributed by atoms with E-state index in [2.05, 4.69) is 15.6 Å². The quantitative estimate of drug-likeness (QED) is 0.239. The van der Waals surface area contributed by atoms with Crippen molar-refractivity contribution in [3.8, 4) is 16.9 Å². The normalized spacial score (nSPS) is 12.9. The fourth-order valence-electron chi connectivity index (χ4n) is 4.89. The van der Waals surface area contributed by atoms with Crippen LogP contribution in [0.3, 0.4) is 0 Å². The fourth-order valence-corrected chi connectivity index (χ4v) is 5.09. The van der Waals surface area contributed by atoms with Gasteiger partial charge in [-0.2, -0.15) is 13.2 Å². The highest BCUT2D eigenvalue weighted by Gasteiger charge is 2.34. The number of ether oxygens (including phenoxy) is 1. The maximum Gasteiger partial charge on any atom is 0.416 e. The van der Waals surface area contributed by atoms with Gasteiger partial charge < -0.3 is 20.3 Å². The van der Waals surface area contributed by atoms with Crippen LogP contribution in [-0.2, 0) is 19.1 Å². The number of halogens is 4. The zero-order valence-corrected chi connectivity index (χ0v) is 23.0. The van der Waals surface area contributed by atoms with E-state index in [9.17, 15) is 18.0 Å². The lowest BCUT2D eigenvalue weighted by molar-refractivity contribution is -0.138. The monoisotopic (exact) mass is 580 g/mol. The van der Waals surface area contributed by atoms with Gasteiger partial charge in [-0.05, 0) is 65.6 Å². The van der Waals surface area contributed by atoms with E-state index in [-0.39, 0.29) is 23.0 Å². The molecule has 3 aromatic carbocycles. The minimum Gasteiger partial charge on any atom is -0.496 e. The summed E-state index contributed by atoms with van der Waals surface area (Å²) in [7, 11) is 1.62. The van der Waals surface area contributed by atoms with Crippen LogP contribution in [-0.4, -0.2) is 37.6 Å². The second-order valence-electron chi connectivity index (χ2n) is 9.63. The Hall–Kier alpha value is -4.24. The number of fused-ring (bicyclic) bond motifs is 1. The summed E-state index contributed by atoms with van der Waals surface area (Å²) in [6.07, 6.45) is -2.14. The molecule has 0 saturated heterocycles. The molecule has 1 aliphatic heterocycles. The van der Waals surface area contributed by atoms with Crippen molar-refractivity contribution in [1.82, 2.24) is 10.3 Å². The van der Waals surface area contributed by atoms with E-state index < -0.39 is 11.7 Å². The van der Waals surface area contributed by atoms with Crippen LogP contribution in [0.2, 0.25) is 5.02 Å². The maximum absolute atomic E-state index is 13.7. The lowest BCUT2D eigenvalue weighted by atomic mass is 10.0. The lowest BCUT2D eigenvalue weighted by Crippen LogP contribution is -2.34. The molecule has 1 amide bonds. The molecule has 0 spiro atoms. The lowest BCUT2D eigenvalue weighted by Gasteiger charge is -2.32. The molecule has 0 saturated carbocycles. The van der Waals surface area contributed by atoms with Gasteiger partial charge in [0, 0.05) is 48.5 Å². The third-order valence-electron chi connectivity index (χ3n) is 6.97. The number of rotatable bonds is 8. The molecule has 0 fully saturated rings. The van der Waals surface area contributed by atoms with Crippen LogP contribution >= 0.6 is 11.6 Å². The van der Waals surface area contributed by atoms with Crippen LogP contribution in [0.15, 0.2) is 79.0 Å². The SMILES string of the molecule is COc1ccccc1CCNC(=O)c1ccc(-c2cnc3c(c2)N(Cc2cc(Cl)ccc2C(F)(F)F)CCN3)cc1. The van der Waals surface area contributed by atoms with E-state index in [1.54, 1.807) is 25.4 Å². The predicted molar refractivity (Wildman–Crippen MR) is 155 cm³/mol. The number of nitrogens with zero attached hydrogens (tertiary/aromatic N) is 2. The predicted octanol–water partition coefficient (Wildman–Crippen LogP) is 6.83. The number of benzene rings is 3. The van der Waals surface area contributed by atoms with E-state index in [1.807, 2.05) is 47.4 Å². The Kier molecular flexibility index (Phi) is 8.35. The molecule has 6 nitrogen and oxygen atoms in total. The topological polar surface area (TPSA) is 66.5 Å². The number of carbonyl (C=O) groups is 1. The molecule has 1 aromatic heterocycles. The number of amides is 1. The number of anilines is 2. The molecular weight excluding hydrogens is 553 g/mol. The number of pyridine rings is 1. The van der Waals surface area contributed by atoms with Crippen molar-refractivity contribution in [2.24, 2.45) is 0 Å². The second-order valence-corrected chi connectivity index (χ2v) is 10.1. The Morgan fingerprint density at radius 3 is 2.59 bits per heavy atom. The van der Waals surface area contributed by atoms with Gasteiger partial charge in [0.1, 0.15) is 11.6 Å².